The van der Waals surface area contributed by atoms with E-state index in [-0.39, 0.29) is 17.4 Å². The third-order valence-corrected chi connectivity index (χ3v) is 3.64. The zero-order valence-electron chi connectivity index (χ0n) is 10.2. The molecule has 0 aliphatic rings. The third kappa shape index (κ3) is 3.30. The first-order valence-electron chi connectivity index (χ1n) is 5.64. The minimum absolute atomic E-state index is 0.0564. The van der Waals surface area contributed by atoms with Crippen LogP contribution in [0.2, 0.25) is 0 Å². The smallest absolute Gasteiger partial charge is 0.338 e. The Balaban J connectivity index is 2.87. The maximum absolute atomic E-state index is 11.9. The number of thiophene rings is 1. The average Bonchev–Trinajstić information content (AvgIpc) is 2.61. The number of carboxylic acid groups (broad SMARTS) is 1. The number of anilines is 1. The van der Waals surface area contributed by atoms with Gasteiger partial charge in [0.05, 0.1) is 5.56 Å². The van der Waals surface area contributed by atoms with Crippen LogP contribution in [0.3, 0.4) is 0 Å². The van der Waals surface area contributed by atoms with Gasteiger partial charge in [0.1, 0.15) is 5.00 Å². The fourth-order valence-electron chi connectivity index (χ4n) is 1.64. The van der Waals surface area contributed by atoms with Crippen LogP contribution in [-0.4, -0.2) is 17.0 Å². The van der Waals surface area contributed by atoms with E-state index in [2.05, 4.69) is 5.32 Å². The molecule has 0 atom stereocenters. The van der Waals surface area contributed by atoms with Gasteiger partial charge in [-0.15, -0.1) is 11.3 Å². The molecule has 0 radical (unpaired) electrons. The van der Waals surface area contributed by atoms with Gasteiger partial charge in [-0.25, -0.2) is 4.79 Å². The molecule has 1 amide bonds. The van der Waals surface area contributed by atoms with Crippen molar-refractivity contribution in [3.63, 3.8) is 0 Å². The van der Waals surface area contributed by atoms with E-state index in [1.165, 1.54) is 11.3 Å². The SMILES string of the molecule is CCC(CC)C(=O)Nc1sc(C)cc1C(=O)O. The van der Waals surface area contributed by atoms with E-state index in [9.17, 15) is 9.59 Å². The van der Waals surface area contributed by atoms with E-state index in [1.807, 2.05) is 20.8 Å². The summed E-state index contributed by atoms with van der Waals surface area (Å²) in [5.74, 6) is -1.16. The molecule has 2 N–H and O–H groups in total. The Kier molecular flexibility index (Phi) is 4.69. The first-order chi connectivity index (χ1) is 7.99. The summed E-state index contributed by atoms with van der Waals surface area (Å²) in [5, 5.41) is 12.2. The van der Waals surface area contributed by atoms with Gasteiger partial charge in [0.15, 0.2) is 0 Å². The van der Waals surface area contributed by atoms with Gasteiger partial charge >= 0.3 is 5.97 Å². The second-order valence-corrected chi connectivity index (χ2v) is 5.16. The minimum atomic E-state index is -1.01. The molecule has 0 aliphatic carbocycles. The molecule has 17 heavy (non-hydrogen) atoms. The van der Waals surface area contributed by atoms with Gasteiger partial charge in [0, 0.05) is 10.8 Å². The number of carboxylic acids is 1. The zero-order chi connectivity index (χ0) is 13.0. The van der Waals surface area contributed by atoms with E-state index in [1.54, 1.807) is 6.07 Å². The summed E-state index contributed by atoms with van der Waals surface area (Å²) in [4.78, 5) is 23.7. The molecule has 1 aromatic heterocycles. The molecule has 0 aromatic carbocycles. The highest BCUT2D eigenvalue weighted by Gasteiger charge is 2.19. The highest BCUT2D eigenvalue weighted by Crippen LogP contribution is 2.28. The molecule has 0 fully saturated rings. The van der Waals surface area contributed by atoms with Crippen molar-refractivity contribution in [3.8, 4) is 0 Å². The number of aromatic carboxylic acids is 1. The number of amides is 1. The van der Waals surface area contributed by atoms with Crippen molar-refractivity contribution in [3.05, 3.63) is 16.5 Å². The van der Waals surface area contributed by atoms with Gasteiger partial charge in [0.25, 0.3) is 0 Å². The van der Waals surface area contributed by atoms with Crippen molar-refractivity contribution >= 4 is 28.2 Å². The summed E-state index contributed by atoms with van der Waals surface area (Å²) in [5.41, 5.74) is 0.173. The fourth-order valence-corrected chi connectivity index (χ4v) is 2.55. The van der Waals surface area contributed by atoms with Crippen LogP contribution in [-0.2, 0) is 4.79 Å². The molecule has 1 aromatic rings. The predicted molar refractivity (Wildman–Crippen MR) is 68.7 cm³/mol. The van der Waals surface area contributed by atoms with Crippen LogP contribution >= 0.6 is 11.3 Å². The van der Waals surface area contributed by atoms with E-state index >= 15 is 0 Å². The molecule has 4 nitrogen and oxygen atoms in total. The largest absolute Gasteiger partial charge is 0.478 e. The van der Waals surface area contributed by atoms with Gasteiger partial charge in [-0.3, -0.25) is 4.79 Å². The summed E-state index contributed by atoms with van der Waals surface area (Å²) < 4.78 is 0. The number of rotatable bonds is 5. The highest BCUT2D eigenvalue weighted by molar-refractivity contribution is 7.16. The number of aryl methyl sites for hydroxylation is 1. The van der Waals surface area contributed by atoms with Gasteiger partial charge in [0.2, 0.25) is 5.91 Å². The van der Waals surface area contributed by atoms with E-state index in [0.717, 1.165) is 17.7 Å². The minimum Gasteiger partial charge on any atom is -0.478 e. The predicted octanol–water partition coefficient (Wildman–Crippen LogP) is 3.13. The number of carbonyl (C=O) groups excluding carboxylic acids is 1. The van der Waals surface area contributed by atoms with Crippen LogP contribution < -0.4 is 5.32 Å². The maximum Gasteiger partial charge on any atom is 0.338 e. The number of hydrogen-bond acceptors (Lipinski definition) is 3. The molecule has 0 spiro atoms. The normalized spacial score (nSPS) is 10.6. The molecule has 94 valence electrons. The molecule has 0 unspecified atom stereocenters. The van der Waals surface area contributed by atoms with Gasteiger partial charge in [-0.2, -0.15) is 0 Å². The van der Waals surface area contributed by atoms with Crippen LogP contribution in [0.4, 0.5) is 5.00 Å². The second-order valence-electron chi connectivity index (χ2n) is 3.91. The van der Waals surface area contributed by atoms with Crippen molar-refractivity contribution in [2.24, 2.45) is 5.92 Å². The first kappa shape index (κ1) is 13.7. The molecule has 0 bridgehead atoms. The summed E-state index contributed by atoms with van der Waals surface area (Å²) in [6.45, 7) is 5.72. The van der Waals surface area contributed by atoms with Crippen LogP contribution in [0.1, 0.15) is 41.9 Å². The van der Waals surface area contributed by atoms with E-state index in [4.69, 9.17) is 5.11 Å². The number of hydrogen-bond donors (Lipinski definition) is 2. The lowest BCUT2D eigenvalue weighted by atomic mass is 10.0. The van der Waals surface area contributed by atoms with E-state index < -0.39 is 5.97 Å². The Labute approximate surface area is 105 Å². The zero-order valence-corrected chi connectivity index (χ0v) is 11.1. The first-order valence-corrected chi connectivity index (χ1v) is 6.45. The Morgan fingerprint density at radius 3 is 2.47 bits per heavy atom. The van der Waals surface area contributed by atoms with Gasteiger partial charge in [-0.05, 0) is 25.8 Å². The topological polar surface area (TPSA) is 66.4 Å². The molecular formula is C12H17NO3S. The molecule has 0 saturated carbocycles. The fraction of sp³-hybridized carbons (Fsp3) is 0.500. The lowest BCUT2D eigenvalue weighted by Crippen LogP contribution is -2.22. The maximum atomic E-state index is 11.9. The average molecular weight is 255 g/mol. The Morgan fingerprint density at radius 1 is 1.41 bits per heavy atom. The van der Waals surface area contributed by atoms with Crippen LogP contribution in [0.25, 0.3) is 0 Å². The third-order valence-electron chi connectivity index (χ3n) is 2.68. The Morgan fingerprint density at radius 2 is 2.00 bits per heavy atom. The molecule has 0 saturated heterocycles. The number of nitrogens with one attached hydrogen (secondary N) is 1. The van der Waals surface area contributed by atoms with Crippen molar-refractivity contribution in [2.45, 2.75) is 33.6 Å². The molecule has 1 heterocycles. The van der Waals surface area contributed by atoms with Crippen molar-refractivity contribution in [1.82, 2.24) is 0 Å². The summed E-state index contributed by atoms with van der Waals surface area (Å²) in [6.07, 6.45) is 1.52. The van der Waals surface area contributed by atoms with Crippen molar-refractivity contribution < 1.29 is 14.7 Å². The lowest BCUT2D eigenvalue weighted by Gasteiger charge is -2.11. The number of carbonyl (C=O) groups is 2. The van der Waals surface area contributed by atoms with Crippen LogP contribution in [0.5, 0.6) is 0 Å². The summed E-state index contributed by atoms with van der Waals surface area (Å²) in [6, 6.07) is 1.58. The second kappa shape index (κ2) is 5.82. The monoisotopic (exact) mass is 255 g/mol. The molecule has 5 heteroatoms. The summed E-state index contributed by atoms with van der Waals surface area (Å²) >= 11 is 1.30. The van der Waals surface area contributed by atoms with Crippen LogP contribution in [0.15, 0.2) is 6.07 Å². The Hall–Kier alpha value is -1.36. The molecular weight excluding hydrogens is 238 g/mol. The van der Waals surface area contributed by atoms with E-state index in [0.29, 0.717) is 5.00 Å². The van der Waals surface area contributed by atoms with Crippen LogP contribution in [0, 0.1) is 12.8 Å². The molecule has 0 aliphatic heterocycles. The molecule has 1 rings (SSSR count). The lowest BCUT2D eigenvalue weighted by molar-refractivity contribution is -0.120. The quantitative estimate of drug-likeness (QED) is 0.849. The van der Waals surface area contributed by atoms with Gasteiger partial charge < -0.3 is 10.4 Å². The Bertz CT molecular complexity index is 421. The van der Waals surface area contributed by atoms with Crippen molar-refractivity contribution in [2.75, 3.05) is 5.32 Å². The standard InChI is InChI=1S/C12H17NO3S/c1-4-8(5-2)10(14)13-11-9(12(15)16)6-7(3)17-11/h6,8H,4-5H2,1-3H3,(H,13,14)(H,15,16). The van der Waals surface area contributed by atoms with Gasteiger partial charge in [-0.1, -0.05) is 13.8 Å². The van der Waals surface area contributed by atoms with Crippen molar-refractivity contribution in [1.29, 1.82) is 0 Å². The summed E-state index contributed by atoms with van der Waals surface area (Å²) in [7, 11) is 0. The highest BCUT2D eigenvalue weighted by atomic mass is 32.1.